The predicted octanol–water partition coefficient (Wildman–Crippen LogP) is 5.71. The Bertz CT molecular complexity index is 1170. The summed E-state index contributed by atoms with van der Waals surface area (Å²) in [6.07, 6.45) is 0. The Balaban J connectivity index is 2.35. The van der Waals surface area contributed by atoms with Gasteiger partial charge in [0.15, 0.2) is 13.6 Å². The van der Waals surface area contributed by atoms with Crippen molar-refractivity contribution in [2.24, 2.45) is 0 Å². The van der Waals surface area contributed by atoms with E-state index in [4.69, 9.17) is 22.6 Å². The molecule has 0 aliphatic carbocycles. The molecule has 7 nitrogen and oxygen atoms in total. The summed E-state index contributed by atoms with van der Waals surface area (Å²) in [6.45, 7) is -0.252. The summed E-state index contributed by atoms with van der Waals surface area (Å²) < 4.78 is 91.7. The molecular formula is C23H23F3O7S2. The van der Waals surface area contributed by atoms with E-state index >= 15 is 0 Å². The van der Waals surface area contributed by atoms with Gasteiger partial charge in [-0.3, -0.25) is 0 Å². The fourth-order valence-corrected chi connectivity index (χ4v) is 7.84. The quantitative estimate of drug-likeness (QED) is 0.231. The molecular weight excluding hydrogens is 509 g/mol. The van der Waals surface area contributed by atoms with Crippen LogP contribution in [-0.4, -0.2) is 41.7 Å². The molecule has 35 heavy (non-hydrogen) atoms. The Hall–Kier alpha value is -2.77. The molecule has 0 N–H and O–H groups in total. The molecule has 12 heteroatoms. The standard InChI is InChI=1S/C23H23F3O7S2/c1-29-16-31-18-8-6-12-21(14-18)34(20-10-4-3-5-11-20,33-35(27,28)23(24,25)26)22-13-7-9-19(15-22)32-17-30-2/h3-15H,16-17H2,1-2H3. The smallest absolute Gasteiger partial charge is 0.468 e. The molecule has 0 fully saturated rings. The van der Waals surface area contributed by atoms with Crippen molar-refractivity contribution in [3.05, 3.63) is 78.9 Å². The van der Waals surface area contributed by atoms with Gasteiger partial charge < -0.3 is 18.9 Å². The molecule has 0 spiro atoms. The molecule has 0 amide bonds. The molecule has 0 aliphatic heterocycles. The second kappa shape index (κ2) is 11.3. The summed E-state index contributed by atoms with van der Waals surface area (Å²) in [6, 6.07) is 19.8. The second-order valence-corrected chi connectivity index (χ2v) is 11.3. The number of ether oxygens (including phenoxy) is 4. The number of hydrogen-bond donors (Lipinski definition) is 0. The average molecular weight is 533 g/mol. The highest BCUT2D eigenvalue weighted by atomic mass is 32.3. The third-order valence-electron chi connectivity index (χ3n) is 4.51. The van der Waals surface area contributed by atoms with Crippen molar-refractivity contribution >= 4 is 20.4 Å². The molecule has 0 saturated carbocycles. The van der Waals surface area contributed by atoms with Gasteiger partial charge in [0.05, 0.1) is 0 Å². The van der Waals surface area contributed by atoms with Crippen LogP contribution < -0.4 is 9.47 Å². The van der Waals surface area contributed by atoms with E-state index in [1.807, 2.05) is 0 Å². The van der Waals surface area contributed by atoms with Crippen LogP contribution in [-0.2, 0) is 23.2 Å². The molecule has 0 aromatic heterocycles. The molecule has 0 bridgehead atoms. The number of halogens is 3. The third kappa shape index (κ3) is 6.08. The van der Waals surface area contributed by atoms with Crippen LogP contribution in [0.15, 0.2) is 93.5 Å². The second-order valence-electron chi connectivity index (χ2n) is 6.89. The Morgan fingerprint density at radius 1 is 0.686 bits per heavy atom. The van der Waals surface area contributed by atoms with Crippen molar-refractivity contribution in [1.29, 1.82) is 0 Å². The van der Waals surface area contributed by atoms with E-state index in [0.29, 0.717) is 0 Å². The van der Waals surface area contributed by atoms with Crippen molar-refractivity contribution in [3.63, 3.8) is 0 Å². The first-order chi connectivity index (χ1) is 16.6. The van der Waals surface area contributed by atoms with Crippen LogP contribution in [0.4, 0.5) is 13.2 Å². The van der Waals surface area contributed by atoms with Gasteiger partial charge in [0, 0.05) is 28.9 Å². The highest BCUT2D eigenvalue weighted by Crippen LogP contribution is 2.71. The number of rotatable bonds is 11. The minimum atomic E-state index is -6.05. The van der Waals surface area contributed by atoms with Crippen molar-refractivity contribution in [2.75, 3.05) is 27.8 Å². The number of alkyl halides is 3. The molecule has 3 aromatic carbocycles. The normalized spacial score (nSPS) is 12.8. The fourth-order valence-electron chi connectivity index (χ4n) is 3.05. The Morgan fingerprint density at radius 3 is 1.57 bits per heavy atom. The van der Waals surface area contributed by atoms with Gasteiger partial charge in [-0.1, -0.05) is 30.3 Å². The van der Waals surface area contributed by atoms with E-state index in [9.17, 15) is 21.6 Å². The van der Waals surface area contributed by atoms with E-state index in [1.54, 1.807) is 30.3 Å². The lowest BCUT2D eigenvalue weighted by Crippen LogP contribution is -2.27. The third-order valence-corrected chi connectivity index (χ3v) is 9.38. The number of hydrogen-bond acceptors (Lipinski definition) is 7. The van der Waals surface area contributed by atoms with Crippen molar-refractivity contribution < 1.29 is 44.2 Å². The Morgan fingerprint density at radius 2 is 1.14 bits per heavy atom. The summed E-state index contributed by atoms with van der Waals surface area (Å²) in [5.41, 5.74) is -5.66. The summed E-state index contributed by atoms with van der Waals surface area (Å²) in [5, 5.41) is 0. The summed E-state index contributed by atoms with van der Waals surface area (Å²) in [5.74, 6) is 0.494. The SMILES string of the molecule is COCOc1cccc(S(OS(=O)(=O)C(F)(F)F)(c2ccccc2)c2cccc(OCOC)c2)c1. The maximum Gasteiger partial charge on any atom is 0.524 e. The fraction of sp³-hybridized carbons (Fsp3) is 0.217. The van der Waals surface area contributed by atoms with Gasteiger partial charge in [-0.25, -0.2) is 0 Å². The monoisotopic (exact) mass is 532 g/mol. The molecule has 0 saturated heterocycles. The predicted molar refractivity (Wildman–Crippen MR) is 123 cm³/mol. The average Bonchev–Trinajstić information content (AvgIpc) is 2.85. The van der Waals surface area contributed by atoms with Crippen molar-refractivity contribution in [2.45, 2.75) is 20.2 Å². The van der Waals surface area contributed by atoms with E-state index in [2.05, 4.69) is 0 Å². The maximum atomic E-state index is 13.6. The lowest BCUT2D eigenvalue weighted by Gasteiger charge is -2.39. The van der Waals surface area contributed by atoms with E-state index in [1.165, 1.54) is 62.8 Å². The summed E-state index contributed by atoms with van der Waals surface area (Å²) in [7, 11) is -6.75. The van der Waals surface area contributed by atoms with E-state index in [0.717, 1.165) is 0 Å². The van der Waals surface area contributed by atoms with E-state index < -0.39 is 25.9 Å². The zero-order chi connectivity index (χ0) is 25.5. The number of benzene rings is 3. The topological polar surface area (TPSA) is 80.3 Å². The van der Waals surface area contributed by atoms with E-state index in [-0.39, 0.29) is 39.8 Å². The molecule has 0 radical (unpaired) electrons. The van der Waals surface area contributed by atoms with Gasteiger partial charge in [0.1, 0.15) is 11.5 Å². The van der Waals surface area contributed by atoms with Crippen LogP contribution in [0.2, 0.25) is 0 Å². The first kappa shape index (κ1) is 26.8. The molecule has 3 aromatic rings. The van der Waals surface area contributed by atoms with Gasteiger partial charge in [-0.15, -0.1) is 0 Å². The molecule has 0 aliphatic rings. The highest BCUT2D eigenvalue weighted by molar-refractivity contribution is 8.33. The van der Waals surface area contributed by atoms with Crippen LogP contribution in [0.3, 0.4) is 0 Å². The Labute approximate surface area is 203 Å². The van der Waals surface area contributed by atoms with Crippen LogP contribution in [0.25, 0.3) is 0 Å². The van der Waals surface area contributed by atoms with Crippen molar-refractivity contribution in [1.82, 2.24) is 0 Å². The van der Waals surface area contributed by atoms with Crippen LogP contribution in [0, 0.1) is 0 Å². The van der Waals surface area contributed by atoms with Crippen LogP contribution in [0.1, 0.15) is 0 Å². The minimum Gasteiger partial charge on any atom is -0.468 e. The van der Waals surface area contributed by atoms with Gasteiger partial charge in [-0.2, -0.15) is 25.2 Å². The lowest BCUT2D eigenvalue weighted by atomic mass is 10.3. The molecule has 190 valence electrons. The van der Waals surface area contributed by atoms with Crippen LogP contribution in [0.5, 0.6) is 11.5 Å². The van der Waals surface area contributed by atoms with Crippen molar-refractivity contribution in [3.8, 4) is 11.5 Å². The number of methoxy groups -OCH3 is 2. The molecule has 0 heterocycles. The van der Waals surface area contributed by atoms with Gasteiger partial charge >= 0.3 is 15.6 Å². The first-order valence-corrected chi connectivity index (χ1v) is 12.9. The molecule has 3 rings (SSSR count). The maximum absolute atomic E-state index is 13.6. The zero-order valence-electron chi connectivity index (χ0n) is 18.7. The van der Waals surface area contributed by atoms with Gasteiger partial charge in [-0.05, 0) is 58.8 Å². The summed E-state index contributed by atoms with van der Waals surface area (Å²) >= 11 is 0. The minimum absolute atomic E-state index is 0.126. The molecule has 0 unspecified atom stereocenters. The van der Waals surface area contributed by atoms with Gasteiger partial charge in [0.2, 0.25) is 0 Å². The summed E-state index contributed by atoms with van der Waals surface area (Å²) in [4.78, 5) is 0.503. The zero-order valence-corrected chi connectivity index (χ0v) is 20.4. The van der Waals surface area contributed by atoms with Crippen LogP contribution >= 0.6 is 10.3 Å². The van der Waals surface area contributed by atoms with Gasteiger partial charge in [0.25, 0.3) is 0 Å². The first-order valence-electron chi connectivity index (χ1n) is 9.98. The lowest BCUT2D eigenvalue weighted by molar-refractivity contribution is -0.0496. The highest BCUT2D eigenvalue weighted by Gasteiger charge is 2.52. The molecule has 0 atom stereocenters. The Kier molecular flexibility index (Phi) is 8.67. The largest absolute Gasteiger partial charge is 0.524 e.